The summed E-state index contributed by atoms with van der Waals surface area (Å²) in [6, 6.07) is 10.4. The summed E-state index contributed by atoms with van der Waals surface area (Å²) in [7, 11) is 0. The third-order valence-corrected chi connectivity index (χ3v) is 3.77. The second kappa shape index (κ2) is 4.74. The summed E-state index contributed by atoms with van der Waals surface area (Å²) in [5.74, 6) is 0. The molecule has 0 amide bonds. The van der Waals surface area contributed by atoms with Crippen LogP contribution in [-0.4, -0.2) is 9.97 Å². The molecule has 0 aliphatic heterocycles. The second-order valence-electron chi connectivity index (χ2n) is 4.17. The smallest absolute Gasteiger partial charge is 0.113 e. The zero-order valence-electron chi connectivity index (χ0n) is 10.1. The van der Waals surface area contributed by atoms with E-state index in [2.05, 4.69) is 46.5 Å². The normalized spacial score (nSPS) is 10.7. The quantitative estimate of drug-likeness (QED) is 0.777. The van der Waals surface area contributed by atoms with Gasteiger partial charge in [-0.05, 0) is 25.1 Å². The second-order valence-corrected chi connectivity index (χ2v) is 5.29. The fourth-order valence-corrected chi connectivity index (χ4v) is 2.63. The topological polar surface area (TPSA) is 37.8 Å². The maximum absolute atomic E-state index is 4.54. The molecule has 0 bridgehead atoms. The molecule has 0 aliphatic rings. The van der Waals surface area contributed by atoms with Gasteiger partial charge < -0.3 is 5.32 Å². The number of hydrogen-bond donors (Lipinski definition) is 1. The highest BCUT2D eigenvalue weighted by molar-refractivity contribution is 7.18. The van der Waals surface area contributed by atoms with Crippen molar-refractivity contribution in [1.29, 1.82) is 0 Å². The van der Waals surface area contributed by atoms with Gasteiger partial charge in [0.25, 0.3) is 0 Å². The van der Waals surface area contributed by atoms with Gasteiger partial charge in [0.2, 0.25) is 0 Å². The Bertz CT molecular complexity index is 625. The first-order chi connectivity index (χ1) is 8.81. The maximum atomic E-state index is 4.54. The molecule has 3 aromatic rings. The van der Waals surface area contributed by atoms with Gasteiger partial charge in [0.15, 0.2) is 0 Å². The van der Waals surface area contributed by atoms with E-state index in [0.717, 1.165) is 22.8 Å². The average Bonchev–Trinajstić information content (AvgIpc) is 2.81. The lowest BCUT2D eigenvalue weighted by molar-refractivity contribution is 1.11. The van der Waals surface area contributed by atoms with Crippen molar-refractivity contribution in [2.45, 2.75) is 13.5 Å². The van der Waals surface area contributed by atoms with Crippen molar-refractivity contribution >= 4 is 27.2 Å². The molecule has 18 heavy (non-hydrogen) atoms. The van der Waals surface area contributed by atoms with Crippen LogP contribution in [0.5, 0.6) is 0 Å². The molecule has 1 N–H and O–H groups in total. The summed E-state index contributed by atoms with van der Waals surface area (Å²) < 4.78 is 1.19. The largest absolute Gasteiger partial charge is 0.379 e. The third kappa shape index (κ3) is 2.33. The number of rotatable bonds is 3. The van der Waals surface area contributed by atoms with Crippen molar-refractivity contribution in [2.24, 2.45) is 0 Å². The van der Waals surface area contributed by atoms with Crippen LogP contribution in [0, 0.1) is 6.92 Å². The Morgan fingerprint density at radius 1 is 1.17 bits per heavy atom. The zero-order chi connectivity index (χ0) is 12.4. The fourth-order valence-electron chi connectivity index (χ4n) is 1.75. The summed E-state index contributed by atoms with van der Waals surface area (Å²) in [6.45, 7) is 2.84. The van der Waals surface area contributed by atoms with Gasteiger partial charge in [0.05, 0.1) is 23.0 Å². The number of anilines is 1. The molecule has 0 unspecified atom stereocenters. The van der Waals surface area contributed by atoms with Gasteiger partial charge in [-0.1, -0.05) is 17.7 Å². The SMILES string of the molecule is Cc1ccc(NCc2nc3cnccc3s2)cc1. The Kier molecular flexibility index (Phi) is 2.94. The number of nitrogens with zero attached hydrogens (tertiary/aromatic N) is 2. The molecular formula is C14H13N3S. The van der Waals surface area contributed by atoms with Crippen LogP contribution in [0.3, 0.4) is 0 Å². The monoisotopic (exact) mass is 255 g/mol. The Morgan fingerprint density at radius 2 is 2.00 bits per heavy atom. The van der Waals surface area contributed by atoms with E-state index in [1.165, 1.54) is 10.3 Å². The molecule has 0 saturated carbocycles. The van der Waals surface area contributed by atoms with Crippen molar-refractivity contribution in [3.63, 3.8) is 0 Å². The van der Waals surface area contributed by atoms with Gasteiger partial charge in [-0.2, -0.15) is 0 Å². The molecule has 2 aromatic heterocycles. The predicted octanol–water partition coefficient (Wildman–Crippen LogP) is 3.61. The molecule has 0 fully saturated rings. The number of thiazole rings is 1. The highest BCUT2D eigenvalue weighted by Gasteiger charge is 2.02. The standard InChI is InChI=1S/C14H13N3S/c1-10-2-4-11(5-3-10)16-9-14-17-12-8-15-7-6-13(12)18-14/h2-8,16H,9H2,1H3. The number of fused-ring (bicyclic) bond motifs is 1. The zero-order valence-corrected chi connectivity index (χ0v) is 10.9. The Hall–Kier alpha value is -1.94. The highest BCUT2D eigenvalue weighted by atomic mass is 32.1. The van der Waals surface area contributed by atoms with Crippen molar-refractivity contribution in [2.75, 3.05) is 5.32 Å². The van der Waals surface area contributed by atoms with Crippen LogP contribution in [0.25, 0.3) is 10.2 Å². The maximum Gasteiger partial charge on any atom is 0.113 e. The number of benzene rings is 1. The molecule has 0 spiro atoms. The molecule has 0 radical (unpaired) electrons. The number of aromatic nitrogens is 2. The minimum atomic E-state index is 0.752. The van der Waals surface area contributed by atoms with Crippen LogP contribution in [0.1, 0.15) is 10.6 Å². The van der Waals surface area contributed by atoms with Crippen LogP contribution in [0.15, 0.2) is 42.7 Å². The van der Waals surface area contributed by atoms with Gasteiger partial charge in [-0.25, -0.2) is 4.98 Å². The summed E-state index contributed by atoms with van der Waals surface area (Å²) in [6.07, 6.45) is 3.61. The minimum Gasteiger partial charge on any atom is -0.379 e. The first kappa shape index (κ1) is 11.2. The number of pyridine rings is 1. The van der Waals surface area contributed by atoms with E-state index in [1.807, 2.05) is 6.07 Å². The molecule has 0 saturated heterocycles. The van der Waals surface area contributed by atoms with Gasteiger partial charge in [-0.3, -0.25) is 4.98 Å². The minimum absolute atomic E-state index is 0.752. The molecule has 1 aromatic carbocycles. The molecule has 0 atom stereocenters. The Morgan fingerprint density at radius 3 is 2.78 bits per heavy atom. The summed E-state index contributed by atoms with van der Waals surface area (Å²) in [5.41, 5.74) is 3.37. The highest BCUT2D eigenvalue weighted by Crippen LogP contribution is 2.21. The molecule has 90 valence electrons. The van der Waals surface area contributed by atoms with E-state index in [4.69, 9.17) is 0 Å². The lowest BCUT2D eigenvalue weighted by Crippen LogP contribution is -1.98. The van der Waals surface area contributed by atoms with Crippen LogP contribution >= 0.6 is 11.3 Å². The summed E-state index contributed by atoms with van der Waals surface area (Å²) in [4.78, 5) is 8.62. The molecule has 2 heterocycles. The lowest BCUT2D eigenvalue weighted by Gasteiger charge is -2.03. The predicted molar refractivity (Wildman–Crippen MR) is 75.9 cm³/mol. The van der Waals surface area contributed by atoms with Gasteiger partial charge in [0, 0.05) is 11.9 Å². The molecule has 3 nitrogen and oxygen atoms in total. The molecule has 0 aliphatic carbocycles. The van der Waals surface area contributed by atoms with E-state index in [0.29, 0.717) is 0 Å². The van der Waals surface area contributed by atoms with Crippen LogP contribution in [-0.2, 0) is 6.54 Å². The lowest BCUT2D eigenvalue weighted by atomic mass is 10.2. The number of aryl methyl sites for hydroxylation is 1. The van der Waals surface area contributed by atoms with Crippen LogP contribution in [0.2, 0.25) is 0 Å². The van der Waals surface area contributed by atoms with Crippen molar-refractivity contribution in [1.82, 2.24) is 9.97 Å². The van der Waals surface area contributed by atoms with E-state index in [-0.39, 0.29) is 0 Å². The van der Waals surface area contributed by atoms with Crippen molar-refractivity contribution < 1.29 is 0 Å². The van der Waals surface area contributed by atoms with Crippen LogP contribution in [0.4, 0.5) is 5.69 Å². The Labute approximate surface area is 110 Å². The Balaban J connectivity index is 1.74. The number of nitrogens with one attached hydrogen (secondary N) is 1. The molecule has 3 rings (SSSR count). The number of hydrogen-bond acceptors (Lipinski definition) is 4. The average molecular weight is 255 g/mol. The summed E-state index contributed by atoms with van der Waals surface area (Å²) in [5, 5.41) is 4.46. The van der Waals surface area contributed by atoms with Crippen LogP contribution < -0.4 is 5.32 Å². The third-order valence-electron chi connectivity index (χ3n) is 2.73. The van der Waals surface area contributed by atoms with E-state index in [1.54, 1.807) is 23.7 Å². The van der Waals surface area contributed by atoms with E-state index >= 15 is 0 Å². The van der Waals surface area contributed by atoms with Crippen molar-refractivity contribution in [3.05, 3.63) is 53.3 Å². The first-order valence-corrected chi connectivity index (χ1v) is 6.63. The molecular weight excluding hydrogens is 242 g/mol. The fraction of sp³-hybridized carbons (Fsp3) is 0.143. The van der Waals surface area contributed by atoms with E-state index < -0.39 is 0 Å². The van der Waals surface area contributed by atoms with Crippen molar-refractivity contribution in [3.8, 4) is 0 Å². The summed E-state index contributed by atoms with van der Waals surface area (Å²) >= 11 is 1.71. The van der Waals surface area contributed by atoms with Gasteiger partial charge in [0.1, 0.15) is 5.01 Å². The molecule has 4 heteroatoms. The van der Waals surface area contributed by atoms with Gasteiger partial charge >= 0.3 is 0 Å². The van der Waals surface area contributed by atoms with Gasteiger partial charge in [-0.15, -0.1) is 11.3 Å². The van der Waals surface area contributed by atoms with E-state index in [9.17, 15) is 0 Å². The first-order valence-electron chi connectivity index (χ1n) is 5.81.